The fraction of sp³-hybridized carbons (Fsp3) is 0.115. The summed E-state index contributed by atoms with van der Waals surface area (Å²) in [6.45, 7) is 2.35. The summed E-state index contributed by atoms with van der Waals surface area (Å²) in [5.41, 5.74) is 1.24. The summed E-state index contributed by atoms with van der Waals surface area (Å²) in [5.74, 6) is -1.46. The summed E-state index contributed by atoms with van der Waals surface area (Å²) in [7, 11) is 0. The summed E-state index contributed by atoms with van der Waals surface area (Å²) >= 11 is 2.06. The van der Waals surface area contributed by atoms with Crippen LogP contribution in [-0.4, -0.2) is 23.6 Å². The molecule has 0 aliphatic rings. The average Bonchev–Trinajstić information content (AvgIpc) is 2.83. The van der Waals surface area contributed by atoms with Crippen molar-refractivity contribution in [1.29, 1.82) is 5.26 Å². The molecule has 0 bridgehead atoms. The molecule has 0 radical (unpaired) electrons. The van der Waals surface area contributed by atoms with Crippen molar-refractivity contribution >= 4 is 46.2 Å². The van der Waals surface area contributed by atoms with E-state index in [0.717, 1.165) is 5.56 Å². The summed E-state index contributed by atoms with van der Waals surface area (Å²) in [5, 5.41) is 20.9. The molecule has 0 saturated heterocycles. The van der Waals surface area contributed by atoms with Crippen molar-refractivity contribution in [3.63, 3.8) is 0 Å². The van der Waals surface area contributed by atoms with Gasteiger partial charge in [0.15, 0.2) is 11.5 Å². The Bertz CT molecular complexity index is 1320. The van der Waals surface area contributed by atoms with Gasteiger partial charge in [0.1, 0.15) is 24.1 Å². The van der Waals surface area contributed by atoms with Gasteiger partial charge in [-0.1, -0.05) is 24.3 Å². The first-order chi connectivity index (χ1) is 16.8. The number of nitrogens with one attached hydrogen (secondary N) is 1. The summed E-state index contributed by atoms with van der Waals surface area (Å²) in [4.78, 5) is 23.5. The number of hydrogen-bond donors (Lipinski definition) is 2. The Labute approximate surface area is 214 Å². The molecule has 0 fully saturated rings. The van der Waals surface area contributed by atoms with Gasteiger partial charge in [0.05, 0.1) is 21.4 Å². The van der Waals surface area contributed by atoms with Crippen LogP contribution < -0.4 is 14.8 Å². The van der Waals surface area contributed by atoms with Crippen LogP contribution in [-0.2, 0) is 11.4 Å². The van der Waals surface area contributed by atoms with Crippen molar-refractivity contribution in [2.24, 2.45) is 0 Å². The lowest BCUT2D eigenvalue weighted by atomic mass is 10.1. The van der Waals surface area contributed by atoms with Gasteiger partial charge in [-0.05, 0) is 83.1 Å². The highest BCUT2D eigenvalue weighted by molar-refractivity contribution is 14.1. The number of ether oxygens (including phenoxy) is 2. The number of carboxylic acid groups (broad SMARTS) is 1. The lowest BCUT2D eigenvalue weighted by molar-refractivity contribution is -0.112. The van der Waals surface area contributed by atoms with Crippen LogP contribution in [0.2, 0.25) is 0 Å². The van der Waals surface area contributed by atoms with E-state index in [1.807, 2.05) is 13.0 Å². The van der Waals surface area contributed by atoms with Gasteiger partial charge in [0.2, 0.25) is 0 Å². The first-order valence-corrected chi connectivity index (χ1v) is 11.5. The second-order valence-electron chi connectivity index (χ2n) is 7.16. The quantitative estimate of drug-likeness (QED) is 0.191. The van der Waals surface area contributed by atoms with Gasteiger partial charge in [-0.3, -0.25) is 4.79 Å². The minimum Gasteiger partial charge on any atom is -0.490 e. The molecule has 1 amide bonds. The van der Waals surface area contributed by atoms with E-state index in [0.29, 0.717) is 27.2 Å². The lowest BCUT2D eigenvalue weighted by Gasteiger charge is -2.15. The maximum Gasteiger partial charge on any atom is 0.335 e. The minimum absolute atomic E-state index is 0.0247. The van der Waals surface area contributed by atoms with Crippen molar-refractivity contribution < 1.29 is 28.6 Å². The van der Waals surface area contributed by atoms with Crippen molar-refractivity contribution in [3.05, 3.63) is 92.3 Å². The lowest BCUT2D eigenvalue weighted by Crippen LogP contribution is -2.14. The minimum atomic E-state index is -1.01. The van der Waals surface area contributed by atoms with E-state index in [1.54, 1.807) is 30.3 Å². The van der Waals surface area contributed by atoms with Crippen molar-refractivity contribution in [2.45, 2.75) is 13.5 Å². The van der Waals surface area contributed by atoms with Gasteiger partial charge in [-0.15, -0.1) is 0 Å². The maximum atomic E-state index is 13.9. The second-order valence-corrected chi connectivity index (χ2v) is 8.32. The third-order valence-electron chi connectivity index (χ3n) is 4.71. The number of amides is 1. The van der Waals surface area contributed by atoms with Gasteiger partial charge in [-0.25, -0.2) is 9.18 Å². The average molecular weight is 586 g/mol. The third kappa shape index (κ3) is 6.80. The zero-order valence-electron chi connectivity index (χ0n) is 18.5. The zero-order valence-corrected chi connectivity index (χ0v) is 20.7. The van der Waals surface area contributed by atoms with E-state index in [4.69, 9.17) is 14.6 Å². The molecule has 35 heavy (non-hydrogen) atoms. The molecule has 3 aromatic carbocycles. The summed E-state index contributed by atoms with van der Waals surface area (Å²) in [6, 6.07) is 17.2. The Morgan fingerprint density at radius 2 is 1.86 bits per heavy atom. The monoisotopic (exact) mass is 586 g/mol. The molecule has 178 valence electrons. The number of carboxylic acids is 1. The Morgan fingerprint density at radius 3 is 2.49 bits per heavy atom. The highest BCUT2D eigenvalue weighted by Gasteiger charge is 2.16. The van der Waals surface area contributed by atoms with Crippen LogP contribution >= 0.6 is 22.6 Å². The molecule has 9 heteroatoms. The van der Waals surface area contributed by atoms with Gasteiger partial charge < -0.3 is 19.9 Å². The molecule has 2 N–H and O–H groups in total. The smallest absolute Gasteiger partial charge is 0.335 e. The molecule has 0 aliphatic heterocycles. The number of anilines is 1. The molecule has 3 rings (SSSR count). The number of carbonyl (C=O) groups is 2. The zero-order chi connectivity index (χ0) is 25.4. The third-order valence-corrected chi connectivity index (χ3v) is 5.52. The number of hydrogen-bond acceptors (Lipinski definition) is 5. The van der Waals surface area contributed by atoms with E-state index in [9.17, 15) is 19.2 Å². The van der Waals surface area contributed by atoms with Gasteiger partial charge in [-0.2, -0.15) is 5.26 Å². The summed E-state index contributed by atoms with van der Waals surface area (Å²) in [6.07, 6.45) is 1.38. The van der Waals surface area contributed by atoms with Crippen LogP contribution in [0.5, 0.6) is 11.5 Å². The predicted molar refractivity (Wildman–Crippen MR) is 137 cm³/mol. The Kier molecular flexibility index (Phi) is 8.80. The molecule has 3 aromatic rings. The second kappa shape index (κ2) is 12.0. The molecule has 0 saturated carbocycles. The van der Waals surface area contributed by atoms with E-state index in [2.05, 4.69) is 27.9 Å². The van der Waals surface area contributed by atoms with E-state index in [-0.39, 0.29) is 23.4 Å². The summed E-state index contributed by atoms with van der Waals surface area (Å²) < 4.78 is 26.2. The molecular formula is C26H20FIN2O5. The number of benzene rings is 3. The number of nitrogens with zero attached hydrogens (tertiary/aromatic N) is 1. The number of carbonyl (C=O) groups excluding carboxylic acids is 1. The number of nitriles is 1. The van der Waals surface area contributed by atoms with Crippen molar-refractivity contribution in [2.75, 3.05) is 11.9 Å². The first-order valence-electron chi connectivity index (χ1n) is 10.4. The standard InChI is InChI=1S/C26H20FIN2O5/c1-2-34-23-13-17(11-19(14-29)25(31)30-22-6-4-3-5-20(22)27)12-21(28)24(23)35-15-16-7-9-18(10-8-16)26(32)33/h3-13H,2,15H2,1H3,(H,30,31)(H,32,33)/b19-11-. The Morgan fingerprint density at radius 1 is 1.14 bits per heavy atom. The molecule has 0 atom stereocenters. The van der Waals surface area contributed by atoms with Crippen LogP contribution in [0, 0.1) is 20.7 Å². The molecule has 0 aromatic heterocycles. The molecular weight excluding hydrogens is 566 g/mol. The topological polar surface area (TPSA) is 109 Å². The normalized spacial score (nSPS) is 10.9. The van der Waals surface area contributed by atoms with Crippen LogP contribution in [0.3, 0.4) is 0 Å². The maximum absolute atomic E-state index is 13.9. The highest BCUT2D eigenvalue weighted by atomic mass is 127. The molecule has 0 aliphatic carbocycles. The van der Waals surface area contributed by atoms with E-state index in [1.165, 1.54) is 36.4 Å². The van der Waals surface area contributed by atoms with Crippen molar-refractivity contribution in [3.8, 4) is 17.6 Å². The fourth-order valence-electron chi connectivity index (χ4n) is 3.04. The number of para-hydroxylation sites is 1. The SMILES string of the molecule is CCOc1cc(/C=C(/C#N)C(=O)Nc2ccccc2F)cc(I)c1OCc1ccc(C(=O)O)cc1. The van der Waals surface area contributed by atoms with Crippen LogP contribution in [0.4, 0.5) is 10.1 Å². The van der Waals surface area contributed by atoms with Gasteiger partial charge in [0.25, 0.3) is 5.91 Å². The highest BCUT2D eigenvalue weighted by Crippen LogP contribution is 2.35. The molecule has 0 heterocycles. The molecule has 0 spiro atoms. The van der Waals surface area contributed by atoms with Gasteiger partial charge in [0, 0.05) is 0 Å². The fourth-order valence-corrected chi connectivity index (χ4v) is 3.82. The Balaban J connectivity index is 1.83. The number of rotatable bonds is 9. The van der Waals surface area contributed by atoms with Crippen molar-refractivity contribution in [1.82, 2.24) is 0 Å². The van der Waals surface area contributed by atoms with E-state index < -0.39 is 17.7 Å². The van der Waals surface area contributed by atoms with E-state index >= 15 is 0 Å². The van der Waals surface area contributed by atoms with Crippen LogP contribution in [0.1, 0.15) is 28.4 Å². The van der Waals surface area contributed by atoms with Gasteiger partial charge >= 0.3 is 5.97 Å². The molecule has 0 unspecified atom stereocenters. The van der Waals surface area contributed by atoms with Crippen LogP contribution in [0.15, 0.2) is 66.2 Å². The number of aromatic carboxylic acids is 1. The Hall–Kier alpha value is -3.91. The van der Waals surface area contributed by atoms with Crippen LogP contribution in [0.25, 0.3) is 6.08 Å². The molecule has 7 nitrogen and oxygen atoms in total. The number of halogens is 2. The largest absolute Gasteiger partial charge is 0.490 e. The predicted octanol–water partition coefficient (Wildman–Crippen LogP) is 5.65. The first kappa shape index (κ1) is 25.7.